The van der Waals surface area contributed by atoms with Gasteiger partial charge in [-0.2, -0.15) is 0 Å². The van der Waals surface area contributed by atoms with E-state index in [2.05, 4.69) is 17.1 Å². The van der Waals surface area contributed by atoms with E-state index in [1.807, 2.05) is 48.5 Å². The Hall–Kier alpha value is -3.25. The summed E-state index contributed by atoms with van der Waals surface area (Å²) < 4.78 is 6.78. The molecule has 1 fully saturated rings. The number of carbonyl (C=O) groups is 1. The normalized spacial score (nSPS) is 14.9. The number of hydrogen-bond donors (Lipinski definition) is 1. The Morgan fingerprint density at radius 2 is 1.72 bits per heavy atom. The summed E-state index contributed by atoms with van der Waals surface area (Å²) in [7, 11) is 0. The van der Waals surface area contributed by atoms with Crippen LogP contribution in [0.2, 0.25) is 0 Å². The SMILES string of the molecule is O=C(O)Cn1c(-c2ccccc2)cnc(CCC2(c3ccccc3)COC2)c1=O. The van der Waals surface area contributed by atoms with Crippen molar-refractivity contribution in [1.82, 2.24) is 9.55 Å². The summed E-state index contributed by atoms with van der Waals surface area (Å²) in [6, 6.07) is 19.4. The maximum Gasteiger partial charge on any atom is 0.323 e. The fourth-order valence-electron chi connectivity index (χ4n) is 3.79. The first-order valence-corrected chi connectivity index (χ1v) is 9.58. The van der Waals surface area contributed by atoms with E-state index in [-0.39, 0.29) is 11.0 Å². The predicted octanol–water partition coefficient (Wildman–Crippen LogP) is 2.90. The number of aromatic nitrogens is 2. The molecule has 1 aromatic heterocycles. The molecule has 1 aliphatic rings. The largest absolute Gasteiger partial charge is 0.480 e. The van der Waals surface area contributed by atoms with Gasteiger partial charge in [0, 0.05) is 5.41 Å². The Kier molecular flexibility index (Phi) is 5.27. The van der Waals surface area contributed by atoms with Crippen LogP contribution in [0, 0.1) is 0 Å². The van der Waals surface area contributed by atoms with E-state index < -0.39 is 12.5 Å². The molecule has 1 aliphatic heterocycles. The standard InChI is InChI=1S/C23H22N2O4/c26-21(27)14-25-20(17-7-3-1-4-8-17)13-24-19(22(25)28)11-12-23(15-29-16-23)18-9-5-2-6-10-18/h1-10,13H,11-12,14-16H2,(H,26,27). The lowest BCUT2D eigenvalue weighted by Crippen LogP contribution is -2.47. The second kappa shape index (κ2) is 8.01. The molecular weight excluding hydrogens is 368 g/mol. The van der Waals surface area contributed by atoms with Gasteiger partial charge in [-0.1, -0.05) is 60.7 Å². The number of benzene rings is 2. The first-order chi connectivity index (χ1) is 14.1. The highest BCUT2D eigenvalue weighted by atomic mass is 16.5. The lowest BCUT2D eigenvalue weighted by molar-refractivity contribution is -0.137. The molecule has 3 aromatic rings. The Morgan fingerprint density at radius 1 is 1.07 bits per heavy atom. The Labute approximate surface area is 168 Å². The molecule has 6 heteroatoms. The van der Waals surface area contributed by atoms with Crippen molar-refractivity contribution in [2.24, 2.45) is 0 Å². The topological polar surface area (TPSA) is 81.4 Å². The van der Waals surface area contributed by atoms with Crippen LogP contribution in [-0.4, -0.2) is 33.8 Å². The second-order valence-corrected chi connectivity index (χ2v) is 7.38. The minimum atomic E-state index is -1.06. The number of aliphatic carboxylic acids is 1. The number of aryl methyl sites for hydroxylation is 1. The molecule has 1 saturated heterocycles. The molecule has 2 aromatic carbocycles. The number of ether oxygens (including phenoxy) is 1. The molecule has 0 atom stereocenters. The van der Waals surface area contributed by atoms with Gasteiger partial charge in [-0.25, -0.2) is 0 Å². The summed E-state index contributed by atoms with van der Waals surface area (Å²) in [5.41, 5.74) is 2.37. The highest BCUT2D eigenvalue weighted by Gasteiger charge is 2.40. The summed E-state index contributed by atoms with van der Waals surface area (Å²) in [6.07, 6.45) is 2.78. The molecule has 29 heavy (non-hydrogen) atoms. The molecule has 0 saturated carbocycles. The van der Waals surface area contributed by atoms with Crippen molar-refractivity contribution in [3.05, 3.63) is 88.5 Å². The summed E-state index contributed by atoms with van der Waals surface area (Å²) in [4.78, 5) is 28.9. The van der Waals surface area contributed by atoms with E-state index in [0.29, 0.717) is 31.0 Å². The summed E-state index contributed by atoms with van der Waals surface area (Å²) in [5.74, 6) is -1.06. The van der Waals surface area contributed by atoms with Crippen LogP contribution < -0.4 is 5.56 Å². The van der Waals surface area contributed by atoms with Gasteiger partial charge in [0.05, 0.1) is 25.1 Å². The van der Waals surface area contributed by atoms with Crippen molar-refractivity contribution in [1.29, 1.82) is 0 Å². The van der Waals surface area contributed by atoms with Gasteiger partial charge in [-0.3, -0.25) is 19.1 Å². The molecule has 0 aliphatic carbocycles. The van der Waals surface area contributed by atoms with Crippen molar-refractivity contribution < 1.29 is 14.6 Å². The van der Waals surface area contributed by atoms with Crippen LogP contribution >= 0.6 is 0 Å². The molecule has 4 rings (SSSR count). The van der Waals surface area contributed by atoms with Crippen LogP contribution in [0.25, 0.3) is 11.3 Å². The van der Waals surface area contributed by atoms with Gasteiger partial charge in [0.15, 0.2) is 0 Å². The molecule has 0 unspecified atom stereocenters. The fraction of sp³-hybridized carbons (Fsp3) is 0.261. The molecular formula is C23H22N2O4. The number of rotatable bonds is 7. The van der Waals surface area contributed by atoms with Crippen LogP contribution in [0.1, 0.15) is 17.7 Å². The Balaban J connectivity index is 1.65. The van der Waals surface area contributed by atoms with Crippen LogP contribution in [0.4, 0.5) is 0 Å². The molecule has 148 valence electrons. The quantitative estimate of drug-likeness (QED) is 0.671. The van der Waals surface area contributed by atoms with Crippen molar-refractivity contribution in [2.75, 3.05) is 13.2 Å². The predicted molar refractivity (Wildman–Crippen MR) is 109 cm³/mol. The highest BCUT2D eigenvalue weighted by Crippen LogP contribution is 2.36. The third-order valence-electron chi connectivity index (χ3n) is 5.47. The van der Waals surface area contributed by atoms with Crippen molar-refractivity contribution in [3.63, 3.8) is 0 Å². The summed E-state index contributed by atoms with van der Waals surface area (Å²) >= 11 is 0. The minimum Gasteiger partial charge on any atom is -0.480 e. The molecule has 0 radical (unpaired) electrons. The highest BCUT2D eigenvalue weighted by molar-refractivity contribution is 5.68. The molecule has 6 nitrogen and oxygen atoms in total. The van der Waals surface area contributed by atoms with Crippen LogP contribution in [0.5, 0.6) is 0 Å². The lowest BCUT2D eigenvalue weighted by atomic mass is 9.75. The van der Waals surface area contributed by atoms with Crippen LogP contribution in [0.3, 0.4) is 0 Å². The fourth-order valence-corrected chi connectivity index (χ4v) is 3.79. The molecule has 0 bridgehead atoms. The monoisotopic (exact) mass is 390 g/mol. The minimum absolute atomic E-state index is 0.120. The smallest absolute Gasteiger partial charge is 0.323 e. The van der Waals surface area contributed by atoms with Crippen molar-refractivity contribution >= 4 is 5.97 Å². The van der Waals surface area contributed by atoms with Gasteiger partial charge in [0.25, 0.3) is 5.56 Å². The van der Waals surface area contributed by atoms with Gasteiger partial charge in [0.1, 0.15) is 12.2 Å². The zero-order chi connectivity index (χ0) is 20.3. The van der Waals surface area contributed by atoms with E-state index >= 15 is 0 Å². The van der Waals surface area contributed by atoms with Gasteiger partial charge >= 0.3 is 5.97 Å². The maximum atomic E-state index is 13.1. The van der Waals surface area contributed by atoms with Crippen LogP contribution in [0.15, 0.2) is 71.7 Å². The molecule has 0 amide bonds. The Morgan fingerprint density at radius 3 is 2.31 bits per heavy atom. The molecule has 0 spiro atoms. The third kappa shape index (κ3) is 3.84. The lowest BCUT2D eigenvalue weighted by Gasteiger charge is -2.42. The Bertz CT molecular complexity index is 1060. The maximum absolute atomic E-state index is 13.1. The van der Waals surface area contributed by atoms with E-state index in [1.54, 1.807) is 6.20 Å². The number of hydrogen-bond acceptors (Lipinski definition) is 4. The number of nitrogens with zero attached hydrogens (tertiary/aromatic N) is 2. The van der Waals surface area contributed by atoms with Gasteiger partial charge < -0.3 is 9.84 Å². The zero-order valence-corrected chi connectivity index (χ0v) is 16.0. The average Bonchev–Trinajstić information content (AvgIpc) is 2.71. The van der Waals surface area contributed by atoms with Gasteiger partial charge in [-0.15, -0.1) is 0 Å². The first-order valence-electron chi connectivity index (χ1n) is 9.58. The zero-order valence-electron chi connectivity index (χ0n) is 16.0. The van der Waals surface area contributed by atoms with E-state index in [0.717, 1.165) is 12.0 Å². The van der Waals surface area contributed by atoms with Crippen molar-refractivity contribution in [3.8, 4) is 11.3 Å². The summed E-state index contributed by atoms with van der Waals surface area (Å²) in [6.45, 7) is 0.830. The summed E-state index contributed by atoms with van der Waals surface area (Å²) in [5, 5.41) is 9.31. The number of carboxylic acid groups (broad SMARTS) is 1. The number of carboxylic acids is 1. The third-order valence-corrected chi connectivity index (χ3v) is 5.47. The average molecular weight is 390 g/mol. The van der Waals surface area contributed by atoms with E-state index in [1.165, 1.54) is 10.1 Å². The first kappa shape index (κ1) is 19.1. The van der Waals surface area contributed by atoms with Crippen molar-refractivity contribution in [2.45, 2.75) is 24.8 Å². The van der Waals surface area contributed by atoms with E-state index in [9.17, 15) is 14.7 Å². The van der Waals surface area contributed by atoms with Gasteiger partial charge in [0.2, 0.25) is 0 Å². The van der Waals surface area contributed by atoms with E-state index in [4.69, 9.17) is 4.74 Å². The van der Waals surface area contributed by atoms with Crippen LogP contribution in [-0.2, 0) is 27.9 Å². The molecule has 1 N–H and O–H groups in total. The van der Waals surface area contributed by atoms with Gasteiger partial charge in [-0.05, 0) is 24.0 Å². The second-order valence-electron chi connectivity index (χ2n) is 7.38. The molecule has 2 heterocycles.